The lowest BCUT2D eigenvalue weighted by molar-refractivity contribution is -0.385. The van der Waals surface area contributed by atoms with E-state index in [2.05, 4.69) is 31.8 Å². The van der Waals surface area contributed by atoms with E-state index in [0.717, 1.165) is 23.4 Å². The second kappa shape index (κ2) is 5.99. The molecular weight excluding hydrogens is 296 g/mol. The van der Waals surface area contributed by atoms with Crippen molar-refractivity contribution in [1.82, 2.24) is 19.5 Å². The van der Waals surface area contributed by atoms with Gasteiger partial charge in [-0.05, 0) is 26.0 Å². The first-order chi connectivity index (χ1) is 11.1. The highest BCUT2D eigenvalue weighted by atomic mass is 16.6. The summed E-state index contributed by atoms with van der Waals surface area (Å²) in [5, 5.41) is 13.8. The summed E-state index contributed by atoms with van der Waals surface area (Å²) in [6.07, 6.45) is 2.37. The molecule has 23 heavy (non-hydrogen) atoms. The van der Waals surface area contributed by atoms with Gasteiger partial charge in [0.2, 0.25) is 5.95 Å². The standard InChI is InChI=1S/C15H16N6O2/c1-3-20-13-7-5-4-6-12(13)19-14(20)10(2)18-15-16-8-11(9-17-15)21(22)23/h4-10H,3H2,1-2H3,(H,16,17,18). The molecule has 0 aliphatic rings. The number of aromatic nitrogens is 4. The van der Waals surface area contributed by atoms with Crippen molar-refractivity contribution in [3.05, 3.63) is 52.6 Å². The van der Waals surface area contributed by atoms with Gasteiger partial charge in [0.25, 0.3) is 0 Å². The van der Waals surface area contributed by atoms with Crippen LogP contribution in [0.25, 0.3) is 11.0 Å². The number of para-hydroxylation sites is 2. The summed E-state index contributed by atoms with van der Waals surface area (Å²) in [5.74, 6) is 1.20. The number of nitrogens with zero attached hydrogens (tertiary/aromatic N) is 5. The largest absolute Gasteiger partial charge is 0.345 e. The van der Waals surface area contributed by atoms with Gasteiger partial charge >= 0.3 is 5.69 Å². The lowest BCUT2D eigenvalue weighted by Gasteiger charge is -2.14. The van der Waals surface area contributed by atoms with E-state index in [9.17, 15) is 10.1 Å². The zero-order valence-corrected chi connectivity index (χ0v) is 12.8. The van der Waals surface area contributed by atoms with Gasteiger partial charge in [0.05, 0.1) is 22.0 Å². The van der Waals surface area contributed by atoms with Crippen LogP contribution in [0.1, 0.15) is 25.7 Å². The number of benzene rings is 1. The van der Waals surface area contributed by atoms with Crippen LogP contribution in [0.5, 0.6) is 0 Å². The fraction of sp³-hybridized carbons (Fsp3) is 0.267. The Morgan fingerprint density at radius 2 is 2.00 bits per heavy atom. The van der Waals surface area contributed by atoms with Crippen molar-refractivity contribution in [1.29, 1.82) is 0 Å². The molecule has 1 unspecified atom stereocenters. The van der Waals surface area contributed by atoms with Crippen molar-refractivity contribution in [2.75, 3.05) is 5.32 Å². The molecule has 0 saturated heterocycles. The first-order valence-electron chi connectivity index (χ1n) is 7.28. The van der Waals surface area contributed by atoms with Crippen molar-refractivity contribution >= 4 is 22.7 Å². The Labute approximate surface area is 132 Å². The zero-order chi connectivity index (χ0) is 16.4. The highest BCUT2D eigenvalue weighted by Crippen LogP contribution is 2.22. The second-order valence-electron chi connectivity index (χ2n) is 5.09. The molecule has 0 amide bonds. The molecule has 1 atom stereocenters. The van der Waals surface area contributed by atoms with E-state index in [1.54, 1.807) is 0 Å². The normalized spacial score (nSPS) is 12.3. The van der Waals surface area contributed by atoms with Crippen molar-refractivity contribution in [2.45, 2.75) is 26.4 Å². The molecule has 0 aliphatic carbocycles. The monoisotopic (exact) mass is 312 g/mol. The molecule has 1 aromatic carbocycles. The van der Waals surface area contributed by atoms with Gasteiger partial charge in [0, 0.05) is 6.54 Å². The molecule has 3 rings (SSSR count). The van der Waals surface area contributed by atoms with Gasteiger partial charge in [-0.15, -0.1) is 0 Å². The second-order valence-corrected chi connectivity index (χ2v) is 5.09. The third-order valence-electron chi connectivity index (χ3n) is 3.58. The van der Waals surface area contributed by atoms with Gasteiger partial charge in [0.1, 0.15) is 18.2 Å². The molecule has 3 aromatic rings. The van der Waals surface area contributed by atoms with E-state index < -0.39 is 4.92 Å². The summed E-state index contributed by atoms with van der Waals surface area (Å²) in [5.41, 5.74) is 1.87. The maximum atomic E-state index is 10.6. The Bertz CT molecular complexity index is 843. The SMILES string of the molecule is CCn1c(C(C)Nc2ncc([N+](=O)[O-])cn2)nc2ccccc21. The number of hydrogen-bond donors (Lipinski definition) is 1. The van der Waals surface area contributed by atoms with Crippen LogP contribution in [-0.2, 0) is 6.54 Å². The van der Waals surface area contributed by atoms with E-state index in [1.165, 1.54) is 12.4 Å². The fourth-order valence-corrected chi connectivity index (χ4v) is 2.51. The highest BCUT2D eigenvalue weighted by Gasteiger charge is 2.17. The Kier molecular flexibility index (Phi) is 3.88. The number of fused-ring (bicyclic) bond motifs is 1. The van der Waals surface area contributed by atoms with E-state index in [-0.39, 0.29) is 11.7 Å². The average molecular weight is 312 g/mol. The minimum absolute atomic E-state index is 0.135. The smallest absolute Gasteiger partial charge is 0.305 e. The fourth-order valence-electron chi connectivity index (χ4n) is 2.51. The number of anilines is 1. The van der Waals surface area contributed by atoms with E-state index in [1.807, 2.05) is 31.2 Å². The minimum Gasteiger partial charge on any atom is -0.345 e. The number of rotatable bonds is 5. The van der Waals surface area contributed by atoms with Crippen LogP contribution in [0.15, 0.2) is 36.7 Å². The van der Waals surface area contributed by atoms with Crippen molar-refractivity contribution in [3.63, 3.8) is 0 Å². The third kappa shape index (κ3) is 2.83. The lowest BCUT2D eigenvalue weighted by atomic mass is 10.3. The Hall–Kier alpha value is -3.03. The molecular formula is C15H16N6O2. The first kappa shape index (κ1) is 14.9. The summed E-state index contributed by atoms with van der Waals surface area (Å²) >= 11 is 0. The molecule has 0 saturated carbocycles. The maximum Gasteiger partial charge on any atom is 0.305 e. The van der Waals surface area contributed by atoms with Gasteiger partial charge in [-0.25, -0.2) is 15.0 Å². The Morgan fingerprint density at radius 1 is 1.30 bits per heavy atom. The molecule has 2 heterocycles. The zero-order valence-electron chi connectivity index (χ0n) is 12.8. The van der Waals surface area contributed by atoms with E-state index >= 15 is 0 Å². The molecule has 0 spiro atoms. The predicted octanol–water partition coefficient (Wildman–Crippen LogP) is 2.93. The van der Waals surface area contributed by atoms with Gasteiger partial charge in [0.15, 0.2) is 0 Å². The summed E-state index contributed by atoms with van der Waals surface area (Å²) in [4.78, 5) is 22.7. The van der Waals surface area contributed by atoms with Crippen LogP contribution in [-0.4, -0.2) is 24.4 Å². The van der Waals surface area contributed by atoms with Crippen molar-refractivity contribution < 1.29 is 4.92 Å². The molecule has 118 valence electrons. The Morgan fingerprint density at radius 3 is 2.65 bits per heavy atom. The van der Waals surface area contributed by atoms with Gasteiger partial charge < -0.3 is 9.88 Å². The van der Waals surface area contributed by atoms with Crippen LogP contribution in [0.3, 0.4) is 0 Å². The highest BCUT2D eigenvalue weighted by molar-refractivity contribution is 5.76. The van der Waals surface area contributed by atoms with Gasteiger partial charge in [-0.2, -0.15) is 0 Å². The molecule has 0 bridgehead atoms. The minimum atomic E-state index is -0.524. The number of aryl methyl sites for hydroxylation is 1. The molecule has 0 radical (unpaired) electrons. The van der Waals surface area contributed by atoms with Crippen LogP contribution < -0.4 is 5.32 Å². The quantitative estimate of drug-likeness (QED) is 0.574. The first-order valence-corrected chi connectivity index (χ1v) is 7.28. The molecule has 8 heteroatoms. The molecule has 0 aliphatic heterocycles. The maximum absolute atomic E-state index is 10.6. The van der Waals surface area contributed by atoms with Crippen LogP contribution >= 0.6 is 0 Å². The average Bonchev–Trinajstić information content (AvgIpc) is 2.94. The molecule has 2 aromatic heterocycles. The van der Waals surface area contributed by atoms with E-state index in [0.29, 0.717) is 5.95 Å². The van der Waals surface area contributed by atoms with Crippen LogP contribution in [0, 0.1) is 10.1 Å². The topological polar surface area (TPSA) is 98.8 Å². The molecule has 8 nitrogen and oxygen atoms in total. The summed E-state index contributed by atoms with van der Waals surface area (Å²) in [6, 6.07) is 7.81. The number of nitro groups is 1. The van der Waals surface area contributed by atoms with Crippen molar-refractivity contribution in [3.8, 4) is 0 Å². The van der Waals surface area contributed by atoms with Crippen LogP contribution in [0.2, 0.25) is 0 Å². The predicted molar refractivity (Wildman–Crippen MR) is 86.1 cm³/mol. The number of hydrogen-bond acceptors (Lipinski definition) is 6. The summed E-state index contributed by atoms with van der Waals surface area (Å²) < 4.78 is 2.12. The van der Waals surface area contributed by atoms with E-state index in [4.69, 9.17) is 0 Å². The van der Waals surface area contributed by atoms with Crippen LogP contribution in [0.4, 0.5) is 11.6 Å². The molecule has 0 fully saturated rings. The number of imidazole rings is 1. The lowest BCUT2D eigenvalue weighted by Crippen LogP contribution is -2.15. The van der Waals surface area contributed by atoms with Gasteiger partial charge in [-0.1, -0.05) is 12.1 Å². The van der Waals surface area contributed by atoms with Crippen molar-refractivity contribution in [2.24, 2.45) is 0 Å². The Balaban J connectivity index is 1.88. The third-order valence-corrected chi connectivity index (χ3v) is 3.58. The van der Waals surface area contributed by atoms with Gasteiger partial charge in [-0.3, -0.25) is 10.1 Å². The summed E-state index contributed by atoms with van der Waals surface area (Å²) in [7, 11) is 0. The molecule has 1 N–H and O–H groups in total. The number of nitrogens with one attached hydrogen (secondary N) is 1. The summed E-state index contributed by atoms with van der Waals surface area (Å²) in [6.45, 7) is 4.81.